The summed E-state index contributed by atoms with van der Waals surface area (Å²) >= 11 is 0. The second-order valence-electron chi connectivity index (χ2n) is 17.3. The van der Waals surface area contributed by atoms with Gasteiger partial charge < -0.3 is 9.13 Å². The van der Waals surface area contributed by atoms with Crippen molar-refractivity contribution in [2.24, 2.45) is 0 Å². The predicted octanol–water partition coefficient (Wildman–Crippen LogP) is 17.8. The van der Waals surface area contributed by atoms with Gasteiger partial charge in [0.2, 0.25) is 0 Å². The molecule has 12 rings (SSSR count). The van der Waals surface area contributed by atoms with Gasteiger partial charge >= 0.3 is 6.18 Å². The summed E-state index contributed by atoms with van der Waals surface area (Å²) in [5.74, 6) is -6.91. The van der Waals surface area contributed by atoms with Crippen molar-refractivity contribution in [3.63, 3.8) is 0 Å². The number of halogens is 7. The fourth-order valence-corrected chi connectivity index (χ4v) is 10.0. The van der Waals surface area contributed by atoms with Crippen molar-refractivity contribution >= 4 is 43.6 Å². The maximum absolute atomic E-state index is 17.0. The molecular weight excluding hydrogens is 894 g/mol. The number of rotatable bonds is 7. The molecule has 0 aliphatic rings. The minimum absolute atomic E-state index is 0.0897. The third-order valence-corrected chi connectivity index (χ3v) is 13.2. The molecule has 0 unspecified atom stereocenters. The summed E-state index contributed by atoms with van der Waals surface area (Å²) in [6, 6.07) is 61.7. The third-order valence-electron chi connectivity index (χ3n) is 13.2. The number of hydrogen-bond acceptors (Lipinski definition) is 0. The third kappa shape index (κ3) is 7.03. The molecule has 0 bridgehead atoms. The summed E-state index contributed by atoms with van der Waals surface area (Å²) in [5, 5.41) is 2.39. The van der Waals surface area contributed by atoms with E-state index in [0.29, 0.717) is 65.9 Å². The van der Waals surface area contributed by atoms with Gasteiger partial charge in [0.15, 0.2) is 23.3 Å². The fraction of sp³-hybridized carbons (Fsp3) is 0.0164. The number of aromatic nitrogens is 2. The largest absolute Gasteiger partial charge is 0.420 e. The lowest BCUT2D eigenvalue weighted by Gasteiger charge is -2.24. The van der Waals surface area contributed by atoms with Gasteiger partial charge in [-0.25, -0.2) is 17.6 Å². The molecule has 0 radical (unpaired) electrons. The van der Waals surface area contributed by atoms with E-state index in [1.807, 2.05) is 170 Å². The highest BCUT2D eigenvalue weighted by Gasteiger charge is 2.40. The molecule has 2 aromatic heterocycles. The second-order valence-corrected chi connectivity index (χ2v) is 17.3. The Morgan fingerprint density at radius 1 is 0.286 bits per heavy atom. The molecule has 10 aromatic carbocycles. The molecule has 2 heterocycles. The van der Waals surface area contributed by atoms with Crippen LogP contribution in [0.3, 0.4) is 0 Å². The Hall–Kier alpha value is -8.69. The maximum atomic E-state index is 17.0. The van der Waals surface area contributed by atoms with E-state index in [-0.39, 0.29) is 6.07 Å². The molecule has 0 spiro atoms. The summed E-state index contributed by atoms with van der Waals surface area (Å²) in [4.78, 5) is 0. The zero-order chi connectivity index (χ0) is 47.8. The Bertz CT molecular complexity index is 3570. The Labute approximate surface area is 396 Å². The first kappa shape index (κ1) is 42.6. The SMILES string of the molecule is Fc1cc(F)c(F)c(-c2cc(-n3c4cc(-c5ccccc5)ccc4c4ccc(-c5ccccc5)cc43)c(C(F)(F)F)c(-n3c4cc(-c5ccccc5)ccc4c4ccc(-c5ccccc5)cc43)c2)c1F. The molecule has 0 saturated carbocycles. The van der Waals surface area contributed by atoms with Crippen molar-refractivity contribution in [1.82, 2.24) is 9.13 Å². The van der Waals surface area contributed by atoms with Gasteiger partial charge in [-0.05, 0) is 86.5 Å². The molecule has 0 N–H and O–H groups in total. The van der Waals surface area contributed by atoms with Gasteiger partial charge in [-0.2, -0.15) is 13.2 Å². The zero-order valence-electron chi connectivity index (χ0n) is 36.7. The smallest absolute Gasteiger partial charge is 0.308 e. The number of hydrogen-bond donors (Lipinski definition) is 0. The molecule has 2 nitrogen and oxygen atoms in total. The van der Waals surface area contributed by atoms with Crippen molar-refractivity contribution < 1.29 is 30.7 Å². The molecule has 0 saturated heterocycles. The van der Waals surface area contributed by atoms with Gasteiger partial charge in [-0.15, -0.1) is 0 Å². The van der Waals surface area contributed by atoms with Crippen LogP contribution in [-0.2, 0) is 6.18 Å². The second kappa shape index (κ2) is 16.5. The van der Waals surface area contributed by atoms with E-state index in [1.165, 1.54) is 9.13 Å². The van der Waals surface area contributed by atoms with Crippen LogP contribution in [0.4, 0.5) is 30.7 Å². The van der Waals surface area contributed by atoms with Gasteiger partial charge in [0.25, 0.3) is 0 Å². The van der Waals surface area contributed by atoms with E-state index < -0.39 is 57.5 Å². The molecule has 9 heteroatoms. The van der Waals surface area contributed by atoms with Crippen molar-refractivity contribution in [3.05, 3.63) is 241 Å². The maximum Gasteiger partial charge on any atom is 0.420 e. The van der Waals surface area contributed by atoms with Crippen molar-refractivity contribution in [2.75, 3.05) is 0 Å². The van der Waals surface area contributed by atoms with Crippen LogP contribution in [0.5, 0.6) is 0 Å². The fourth-order valence-electron chi connectivity index (χ4n) is 10.0. The Morgan fingerprint density at radius 3 is 0.843 bits per heavy atom. The zero-order valence-corrected chi connectivity index (χ0v) is 36.7. The van der Waals surface area contributed by atoms with Crippen LogP contribution >= 0.6 is 0 Å². The molecule has 70 heavy (non-hydrogen) atoms. The monoisotopic (exact) mass is 928 g/mol. The summed E-state index contributed by atoms with van der Waals surface area (Å²) in [7, 11) is 0. The molecular formula is C61H35F7N2. The van der Waals surface area contributed by atoms with Crippen LogP contribution < -0.4 is 0 Å². The topological polar surface area (TPSA) is 9.86 Å². The molecule has 0 amide bonds. The van der Waals surface area contributed by atoms with Gasteiger partial charge in [-0.3, -0.25) is 0 Å². The Balaban J connectivity index is 1.29. The number of fused-ring (bicyclic) bond motifs is 6. The van der Waals surface area contributed by atoms with E-state index in [2.05, 4.69) is 0 Å². The molecule has 0 aliphatic heterocycles. The van der Waals surface area contributed by atoms with Crippen LogP contribution in [0, 0.1) is 23.3 Å². The first-order chi connectivity index (χ1) is 34.0. The molecule has 338 valence electrons. The van der Waals surface area contributed by atoms with E-state index in [0.717, 1.165) is 34.4 Å². The molecule has 0 atom stereocenters. The highest BCUT2D eigenvalue weighted by molar-refractivity contribution is 6.13. The standard InChI is InChI=1S/C61H35F7N2/c62-49-35-50(63)60(65)57(59(49)64)44-33-55(69-51-29-40(36-13-5-1-6-14-36)21-25-45(51)46-26-22-41(30-52(46)69)37-15-7-2-8-16-37)58(61(66,67)68)56(34-44)70-53-31-42(38-17-9-3-10-18-38)23-27-47(53)48-28-24-43(32-54(48)70)39-19-11-4-12-20-39/h1-35H. The average molecular weight is 929 g/mol. The minimum Gasteiger partial charge on any atom is -0.308 e. The highest BCUT2D eigenvalue weighted by Crippen LogP contribution is 2.48. The number of benzene rings is 10. The summed E-state index contributed by atoms with van der Waals surface area (Å²) < 4.78 is 117. The van der Waals surface area contributed by atoms with Crippen LogP contribution in [0.2, 0.25) is 0 Å². The Morgan fingerprint density at radius 2 is 0.571 bits per heavy atom. The van der Waals surface area contributed by atoms with Crippen LogP contribution in [0.25, 0.3) is 111 Å². The lowest BCUT2D eigenvalue weighted by Crippen LogP contribution is -2.16. The van der Waals surface area contributed by atoms with E-state index in [4.69, 9.17) is 0 Å². The van der Waals surface area contributed by atoms with Crippen LogP contribution in [0.1, 0.15) is 5.56 Å². The minimum atomic E-state index is -5.17. The van der Waals surface area contributed by atoms with Crippen molar-refractivity contribution in [3.8, 4) is 67.0 Å². The van der Waals surface area contributed by atoms with E-state index in [9.17, 15) is 0 Å². The van der Waals surface area contributed by atoms with Gasteiger partial charge in [0, 0.05) is 27.6 Å². The quantitative estimate of drug-likeness (QED) is 0.111. The van der Waals surface area contributed by atoms with Crippen LogP contribution in [0.15, 0.2) is 212 Å². The van der Waals surface area contributed by atoms with E-state index >= 15 is 30.7 Å². The number of nitrogens with zero attached hydrogens (tertiary/aromatic N) is 2. The van der Waals surface area contributed by atoms with Crippen molar-refractivity contribution in [1.29, 1.82) is 0 Å². The normalized spacial score (nSPS) is 11.9. The molecule has 0 fully saturated rings. The van der Waals surface area contributed by atoms with Crippen LogP contribution in [-0.4, -0.2) is 9.13 Å². The lowest BCUT2D eigenvalue weighted by molar-refractivity contribution is -0.137. The Kier molecular flexibility index (Phi) is 10.1. The van der Waals surface area contributed by atoms with Crippen molar-refractivity contribution in [2.45, 2.75) is 6.18 Å². The number of alkyl halides is 3. The van der Waals surface area contributed by atoms with Gasteiger partial charge in [0.1, 0.15) is 5.56 Å². The summed E-state index contributed by atoms with van der Waals surface area (Å²) in [6.07, 6.45) is -5.17. The first-order valence-electron chi connectivity index (χ1n) is 22.5. The summed E-state index contributed by atoms with van der Waals surface area (Å²) in [6.45, 7) is 0. The van der Waals surface area contributed by atoms with Gasteiger partial charge in [-0.1, -0.05) is 170 Å². The highest BCUT2D eigenvalue weighted by atomic mass is 19.4. The molecule has 0 aliphatic carbocycles. The predicted molar refractivity (Wildman–Crippen MR) is 267 cm³/mol. The molecule has 12 aromatic rings. The lowest BCUT2D eigenvalue weighted by atomic mass is 9.97. The van der Waals surface area contributed by atoms with Gasteiger partial charge in [0.05, 0.1) is 39.0 Å². The average Bonchev–Trinajstić information content (AvgIpc) is 3.89. The summed E-state index contributed by atoms with van der Waals surface area (Å²) in [5.41, 5.74) is 3.48. The first-order valence-corrected chi connectivity index (χ1v) is 22.5. The van der Waals surface area contributed by atoms with E-state index in [1.54, 1.807) is 24.3 Å².